The minimum atomic E-state index is -5.60. The monoisotopic (exact) mass is 700 g/mol. The molecule has 0 aliphatic heterocycles. The van der Waals surface area contributed by atoms with Gasteiger partial charge in [0, 0.05) is 10.0 Å². The molecule has 238 valence electrons. The van der Waals surface area contributed by atoms with E-state index < -0.39 is 88.3 Å². The van der Waals surface area contributed by atoms with Crippen LogP contribution in [0.15, 0.2) is 40.9 Å². The molecule has 0 aliphatic carbocycles. The summed E-state index contributed by atoms with van der Waals surface area (Å²) >= 11 is 3.10. The molecule has 1 atom stereocenters. The third-order valence-corrected chi connectivity index (χ3v) is 6.47. The minimum Gasteiger partial charge on any atom is -0.487 e. The van der Waals surface area contributed by atoms with Crippen molar-refractivity contribution in [3.63, 3.8) is 0 Å². The van der Waals surface area contributed by atoms with Crippen LogP contribution in [0.3, 0.4) is 0 Å². The molecular formula is C26H29BrF4N2O9S. The third kappa shape index (κ3) is 11.6. The first-order chi connectivity index (χ1) is 19.7. The number of carboxylic acid groups (broad SMARTS) is 1. The second-order valence-corrected chi connectivity index (χ2v) is 12.6. The summed E-state index contributed by atoms with van der Waals surface area (Å²) in [4.78, 5) is 35.9. The van der Waals surface area contributed by atoms with Crippen molar-refractivity contribution in [3.05, 3.63) is 57.8 Å². The molecule has 0 heterocycles. The second-order valence-electron chi connectivity index (χ2n) is 10.1. The predicted molar refractivity (Wildman–Crippen MR) is 149 cm³/mol. The summed E-state index contributed by atoms with van der Waals surface area (Å²) < 4.78 is 95.4. The number of hydrogen-bond donors (Lipinski definition) is 2. The van der Waals surface area contributed by atoms with E-state index in [0.717, 1.165) is 12.3 Å². The van der Waals surface area contributed by atoms with Crippen molar-refractivity contribution in [1.82, 2.24) is 5.32 Å². The Morgan fingerprint density at radius 2 is 1.72 bits per heavy atom. The Hall–Kier alpha value is -3.44. The van der Waals surface area contributed by atoms with Crippen molar-refractivity contribution in [2.24, 2.45) is 0 Å². The van der Waals surface area contributed by atoms with Crippen LogP contribution in [0.1, 0.15) is 31.9 Å². The highest BCUT2D eigenvalue weighted by molar-refractivity contribution is 9.10. The van der Waals surface area contributed by atoms with E-state index in [-0.39, 0.29) is 16.0 Å². The van der Waals surface area contributed by atoms with Gasteiger partial charge in [0.15, 0.2) is 5.82 Å². The molecule has 2 rings (SSSR count). The summed E-state index contributed by atoms with van der Waals surface area (Å²) in [5, 5.41) is 11.6. The molecule has 0 spiro atoms. The zero-order chi connectivity index (χ0) is 32.8. The molecule has 2 amide bonds. The first-order valence-corrected chi connectivity index (χ1v) is 14.9. The molecular weight excluding hydrogens is 672 g/mol. The SMILES string of the molecule is CC(C)(C)OC(=O)N[C@H](COS(C)(=O)=O)Cc1c(Br)cc(OCc2ccccc2)c(N(CC(=O)O)C(=O)C(F)(F)F)c1F. The maximum absolute atomic E-state index is 16.2. The number of carbonyl (C=O) groups excluding carboxylic acids is 2. The average molecular weight is 701 g/mol. The molecule has 0 aromatic heterocycles. The third-order valence-electron chi connectivity index (χ3n) is 5.20. The van der Waals surface area contributed by atoms with E-state index in [2.05, 4.69) is 21.2 Å². The summed E-state index contributed by atoms with van der Waals surface area (Å²) in [5.74, 6) is -6.69. The average Bonchev–Trinajstić information content (AvgIpc) is 2.85. The molecule has 0 bridgehead atoms. The molecule has 0 radical (unpaired) electrons. The Kier molecular flexibility index (Phi) is 11.9. The van der Waals surface area contributed by atoms with E-state index in [4.69, 9.17) is 13.7 Å². The number of rotatable bonds is 12. The van der Waals surface area contributed by atoms with Crippen LogP contribution in [-0.2, 0) is 41.7 Å². The summed E-state index contributed by atoms with van der Waals surface area (Å²) in [6.45, 7) is 1.99. The van der Waals surface area contributed by atoms with Crippen LogP contribution >= 0.6 is 15.9 Å². The van der Waals surface area contributed by atoms with E-state index in [1.165, 1.54) is 0 Å². The number of amides is 2. The number of alkyl halides is 3. The first kappa shape index (κ1) is 35.8. The van der Waals surface area contributed by atoms with Gasteiger partial charge in [0.05, 0.1) is 18.9 Å². The van der Waals surface area contributed by atoms with Gasteiger partial charge in [-0.3, -0.25) is 18.7 Å². The van der Waals surface area contributed by atoms with Gasteiger partial charge in [-0.15, -0.1) is 0 Å². The fourth-order valence-corrected chi connectivity index (χ4v) is 4.48. The number of halogens is 5. The minimum absolute atomic E-state index is 0.123. The quantitative estimate of drug-likeness (QED) is 0.240. The molecule has 0 fully saturated rings. The van der Waals surface area contributed by atoms with Gasteiger partial charge in [0.1, 0.15) is 30.2 Å². The Bertz CT molecular complexity index is 1430. The van der Waals surface area contributed by atoms with Crippen LogP contribution in [0.4, 0.5) is 28.0 Å². The highest BCUT2D eigenvalue weighted by atomic mass is 79.9. The number of hydrogen-bond acceptors (Lipinski definition) is 8. The molecule has 0 saturated carbocycles. The zero-order valence-corrected chi connectivity index (χ0v) is 25.7. The number of alkyl carbamates (subject to hydrolysis) is 1. The van der Waals surface area contributed by atoms with Crippen molar-refractivity contribution in [2.45, 2.75) is 51.6 Å². The van der Waals surface area contributed by atoms with Crippen LogP contribution in [0.25, 0.3) is 0 Å². The molecule has 0 unspecified atom stereocenters. The van der Waals surface area contributed by atoms with Crippen molar-refractivity contribution in [3.8, 4) is 5.75 Å². The molecule has 43 heavy (non-hydrogen) atoms. The number of carbonyl (C=O) groups is 3. The highest BCUT2D eigenvalue weighted by Crippen LogP contribution is 2.40. The number of aliphatic carboxylic acids is 1. The lowest BCUT2D eigenvalue weighted by atomic mass is 10.0. The maximum Gasteiger partial charge on any atom is 0.471 e. The molecule has 17 heteroatoms. The van der Waals surface area contributed by atoms with Crippen LogP contribution in [0.2, 0.25) is 0 Å². The van der Waals surface area contributed by atoms with Crippen molar-refractivity contribution < 1.29 is 59.1 Å². The van der Waals surface area contributed by atoms with Gasteiger partial charge in [0.2, 0.25) is 0 Å². The van der Waals surface area contributed by atoms with Gasteiger partial charge in [-0.1, -0.05) is 46.3 Å². The molecule has 11 nitrogen and oxygen atoms in total. The maximum atomic E-state index is 16.2. The zero-order valence-electron chi connectivity index (χ0n) is 23.3. The van der Waals surface area contributed by atoms with Crippen LogP contribution in [-0.4, -0.2) is 68.7 Å². The summed E-state index contributed by atoms with van der Waals surface area (Å²) in [6.07, 6.45) is -6.55. The van der Waals surface area contributed by atoms with Gasteiger partial charge >= 0.3 is 24.1 Å². The highest BCUT2D eigenvalue weighted by Gasteiger charge is 2.45. The van der Waals surface area contributed by atoms with E-state index in [1.54, 1.807) is 51.1 Å². The topological polar surface area (TPSA) is 149 Å². The number of nitrogens with one attached hydrogen (secondary N) is 1. The van der Waals surface area contributed by atoms with Crippen LogP contribution in [0, 0.1) is 5.82 Å². The normalized spacial score (nSPS) is 12.8. The van der Waals surface area contributed by atoms with Crippen molar-refractivity contribution in [2.75, 3.05) is 24.3 Å². The Morgan fingerprint density at radius 1 is 1.12 bits per heavy atom. The predicted octanol–water partition coefficient (Wildman–Crippen LogP) is 4.56. The van der Waals surface area contributed by atoms with Crippen molar-refractivity contribution >= 4 is 49.7 Å². The molecule has 2 aromatic carbocycles. The summed E-state index contributed by atoms with van der Waals surface area (Å²) in [5.41, 5.74) is -2.08. The molecule has 2 N–H and O–H groups in total. The molecule has 0 saturated heterocycles. The van der Waals surface area contributed by atoms with Gasteiger partial charge in [0.25, 0.3) is 10.1 Å². The van der Waals surface area contributed by atoms with Gasteiger partial charge in [-0.05, 0) is 38.8 Å². The first-order valence-electron chi connectivity index (χ1n) is 12.3. The van der Waals surface area contributed by atoms with Gasteiger partial charge in [-0.25, -0.2) is 9.18 Å². The van der Waals surface area contributed by atoms with E-state index >= 15 is 4.39 Å². The van der Waals surface area contributed by atoms with Crippen LogP contribution < -0.4 is 15.0 Å². The second kappa shape index (κ2) is 14.4. The Labute approximate surface area is 253 Å². The van der Waals surface area contributed by atoms with Crippen LogP contribution in [0.5, 0.6) is 5.75 Å². The molecule has 0 aliphatic rings. The summed E-state index contributed by atoms with van der Waals surface area (Å²) in [7, 11) is -4.07. The lowest BCUT2D eigenvalue weighted by Gasteiger charge is -2.27. The Balaban J connectivity index is 2.67. The van der Waals surface area contributed by atoms with Crippen molar-refractivity contribution in [1.29, 1.82) is 0 Å². The molecule has 2 aromatic rings. The Morgan fingerprint density at radius 3 is 2.23 bits per heavy atom. The number of ether oxygens (including phenoxy) is 2. The van der Waals surface area contributed by atoms with Gasteiger partial charge < -0.3 is 19.9 Å². The largest absolute Gasteiger partial charge is 0.487 e. The van der Waals surface area contributed by atoms with Gasteiger partial charge in [-0.2, -0.15) is 21.6 Å². The summed E-state index contributed by atoms with van der Waals surface area (Å²) in [6, 6.07) is 7.85. The van der Waals surface area contributed by atoms with E-state index in [1.807, 2.05) is 0 Å². The lowest BCUT2D eigenvalue weighted by molar-refractivity contribution is -0.171. The fourth-order valence-electron chi connectivity index (χ4n) is 3.53. The van der Waals surface area contributed by atoms with E-state index in [0.29, 0.717) is 5.56 Å². The lowest BCUT2D eigenvalue weighted by Crippen LogP contribution is -2.45. The number of anilines is 1. The smallest absolute Gasteiger partial charge is 0.471 e. The number of nitrogens with zero attached hydrogens (tertiary/aromatic N) is 1. The number of benzene rings is 2. The number of carboxylic acids is 1. The van der Waals surface area contributed by atoms with E-state index in [9.17, 15) is 41.1 Å². The fraction of sp³-hybridized carbons (Fsp3) is 0.423. The standard InChI is InChI=1S/C26H29BrF4N2O9S/c1-25(2,3)42-24(37)32-16(14-41-43(4,38)39)10-17-18(27)11-19(40-13-15-8-6-5-7-9-15)22(21(17)28)33(12-20(34)35)23(36)26(29,30)31/h5-9,11,16H,10,12-14H2,1-4H3,(H,32,37)(H,34,35)/t16-/m0/s1.